The van der Waals surface area contributed by atoms with Gasteiger partial charge in [-0.25, -0.2) is 4.21 Å². The highest BCUT2D eigenvalue weighted by molar-refractivity contribution is 7.80. The number of hydrogen-bond donors (Lipinski definition) is 1. The van der Waals surface area contributed by atoms with Gasteiger partial charge in [-0.2, -0.15) is 0 Å². The van der Waals surface area contributed by atoms with Crippen molar-refractivity contribution >= 4 is 34.9 Å². The van der Waals surface area contributed by atoms with Gasteiger partial charge in [0.25, 0.3) is 0 Å². The standard InChI is InChI=1S/C16H25NO10S/c1-6-24-28(22)16-13(17-8(2)18)15(26-11(5)21)14(25-10(4)20)12(27-16)7-23-9(3)19/h12-16H,6-7H2,1-5H3,(H,17,18)/t12-,13-,14-,15-,16-,28?/m1/s1. The van der Waals surface area contributed by atoms with E-state index in [2.05, 4.69) is 5.32 Å². The van der Waals surface area contributed by atoms with Crippen molar-refractivity contribution in [2.45, 2.75) is 64.4 Å². The van der Waals surface area contributed by atoms with Gasteiger partial charge in [-0.05, 0) is 6.92 Å². The van der Waals surface area contributed by atoms with E-state index in [-0.39, 0.29) is 13.2 Å². The van der Waals surface area contributed by atoms with Crippen molar-refractivity contribution in [3.05, 3.63) is 0 Å². The molecule has 1 aliphatic heterocycles. The van der Waals surface area contributed by atoms with Gasteiger partial charge in [0.1, 0.15) is 18.8 Å². The number of hydrogen-bond acceptors (Lipinski definition) is 10. The van der Waals surface area contributed by atoms with Crippen LogP contribution in [0.1, 0.15) is 34.6 Å². The molecule has 11 nitrogen and oxygen atoms in total. The molecule has 0 aromatic heterocycles. The van der Waals surface area contributed by atoms with Crippen LogP contribution in [0, 0.1) is 0 Å². The molecular weight excluding hydrogens is 398 g/mol. The summed E-state index contributed by atoms with van der Waals surface area (Å²) in [6, 6.07) is -1.15. The molecule has 1 heterocycles. The van der Waals surface area contributed by atoms with E-state index in [1.165, 1.54) is 13.8 Å². The predicted octanol–water partition coefficient (Wildman–Crippen LogP) is -0.657. The first-order valence-corrected chi connectivity index (χ1v) is 9.64. The molecular formula is C16H25NO10S. The van der Waals surface area contributed by atoms with Crippen molar-refractivity contribution in [3.8, 4) is 0 Å². The minimum Gasteiger partial charge on any atom is -0.463 e. The van der Waals surface area contributed by atoms with Gasteiger partial charge in [0.05, 0.1) is 6.61 Å². The Bertz CT molecular complexity index is 625. The molecule has 28 heavy (non-hydrogen) atoms. The second kappa shape index (κ2) is 11.1. The van der Waals surface area contributed by atoms with Crippen LogP contribution in [0.3, 0.4) is 0 Å². The van der Waals surface area contributed by atoms with Gasteiger partial charge in [0.2, 0.25) is 5.91 Å². The first-order valence-electron chi connectivity index (χ1n) is 8.51. The summed E-state index contributed by atoms with van der Waals surface area (Å²) < 4.78 is 38.7. The van der Waals surface area contributed by atoms with Crippen LogP contribution in [0.2, 0.25) is 0 Å². The highest BCUT2D eigenvalue weighted by Gasteiger charge is 2.53. The average molecular weight is 423 g/mol. The molecule has 160 valence electrons. The molecule has 0 saturated carbocycles. The molecule has 1 rings (SSSR count). The molecule has 0 aromatic rings. The van der Waals surface area contributed by atoms with Gasteiger partial charge in [0, 0.05) is 27.7 Å². The van der Waals surface area contributed by atoms with Crippen LogP contribution in [0.5, 0.6) is 0 Å². The van der Waals surface area contributed by atoms with Crippen LogP contribution in [-0.4, -0.2) is 71.0 Å². The van der Waals surface area contributed by atoms with Crippen LogP contribution in [0.4, 0.5) is 0 Å². The minimum absolute atomic E-state index is 0.0828. The van der Waals surface area contributed by atoms with Crippen LogP contribution in [-0.2, 0) is 53.4 Å². The minimum atomic E-state index is -2.06. The summed E-state index contributed by atoms with van der Waals surface area (Å²) in [7, 11) is 0. The first kappa shape index (κ1) is 24.0. The molecule has 0 aliphatic carbocycles. The van der Waals surface area contributed by atoms with Gasteiger partial charge in [0.15, 0.2) is 28.7 Å². The third-order valence-corrected chi connectivity index (χ3v) is 4.75. The Morgan fingerprint density at radius 1 is 0.964 bits per heavy atom. The quantitative estimate of drug-likeness (QED) is 0.395. The molecule has 0 spiro atoms. The number of carbonyl (C=O) groups excluding carboxylic acids is 4. The van der Waals surface area contributed by atoms with E-state index in [9.17, 15) is 23.4 Å². The monoisotopic (exact) mass is 423 g/mol. The third kappa shape index (κ3) is 7.17. The summed E-state index contributed by atoms with van der Waals surface area (Å²) in [6.07, 6.45) is -3.60. The van der Waals surface area contributed by atoms with E-state index in [1.807, 2.05) is 0 Å². The number of ether oxygens (including phenoxy) is 4. The molecule has 1 N–H and O–H groups in total. The third-order valence-electron chi connectivity index (χ3n) is 3.49. The van der Waals surface area contributed by atoms with Crippen molar-refractivity contribution in [2.24, 2.45) is 0 Å². The van der Waals surface area contributed by atoms with Gasteiger partial charge < -0.3 is 24.3 Å². The molecule has 1 unspecified atom stereocenters. The lowest BCUT2D eigenvalue weighted by Crippen LogP contribution is -2.67. The van der Waals surface area contributed by atoms with Crippen molar-refractivity contribution in [3.63, 3.8) is 0 Å². The Labute approximate surface area is 165 Å². The topological polar surface area (TPSA) is 144 Å². The van der Waals surface area contributed by atoms with Crippen molar-refractivity contribution in [1.82, 2.24) is 5.32 Å². The van der Waals surface area contributed by atoms with Gasteiger partial charge in [-0.1, -0.05) is 0 Å². The van der Waals surface area contributed by atoms with Crippen molar-refractivity contribution in [2.75, 3.05) is 13.2 Å². The first-order chi connectivity index (χ1) is 13.1. The maximum atomic E-state index is 12.5. The Morgan fingerprint density at radius 2 is 1.54 bits per heavy atom. The smallest absolute Gasteiger partial charge is 0.303 e. The lowest BCUT2D eigenvalue weighted by molar-refractivity contribution is -0.212. The van der Waals surface area contributed by atoms with Crippen LogP contribution in [0.25, 0.3) is 0 Å². The summed E-state index contributed by atoms with van der Waals surface area (Å²) in [5.74, 6) is -2.60. The lowest BCUT2D eigenvalue weighted by Gasteiger charge is -2.44. The molecule has 1 amide bonds. The maximum absolute atomic E-state index is 12.5. The SMILES string of the molecule is CCOS(=O)[C@H]1O[C@H](COC(C)=O)[C@@H](OC(C)=O)[C@H](OC(C)=O)[C@H]1NC(C)=O. The summed E-state index contributed by atoms with van der Waals surface area (Å²) in [6.45, 7) is 5.96. The second-order valence-corrected chi connectivity index (χ2v) is 7.11. The number of amides is 1. The van der Waals surface area contributed by atoms with E-state index in [0.29, 0.717) is 0 Å². The molecule has 0 bridgehead atoms. The summed E-state index contributed by atoms with van der Waals surface area (Å²) in [4.78, 5) is 46.1. The Balaban J connectivity index is 3.35. The number of nitrogens with one attached hydrogen (secondary N) is 1. The van der Waals surface area contributed by atoms with E-state index in [4.69, 9.17) is 23.1 Å². The van der Waals surface area contributed by atoms with Gasteiger partial charge in [-0.3, -0.25) is 23.4 Å². The highest BCUT2D eigenvalue weighted by Crippen LogP contribution is 2.29. The Morgan fingerprint density at radius 3 is 2.00 bits per heavy atom. The number of carbonyl (C=O) groups is 4. The summed E-state index contributed by atoms with van der Waals surface area (Å²) in [5.41, 5.74) is -1.28. The fourth-order valence-electron chi connectivity index (χ4n) is 2.64. The lowest BCUT2D eigenvalue weighted by atomic mass is 9.97. The second-order valence-electron chi connectivity index (χ2n) is 5.89. The average Bonchev–Trinajstić information content (AvgIpc) is 2.55. The normalized spacial score (nSPS) is 28.0. The molecule has 12 heteroatoms. The fraction of sp³-hybridized carbons (Fsp3) is 0.750. The highest BCUT2D eigenvalue weighted by atomic mass is 32.2. The van der Waals surface area contributed by atoms with E-state index >= 15 is 0 Å². The fourth-order valence-corrected chi connectivity index (χ4v) is 3.70. The summed E-state index contributed by atoms with van der Waals surface area (Å²) in [5, 5.41) is 2.50. The van der Waals surface area contributed by atoms with E-state index in [1.54, 1.807) is 6.92 Å². The zero-order chi connectivity index (χ0) is 21.4. The van der Waals surface area contributed by atoms with Crippen molar-refractivity contribution < 1.29 is 46.5 Å². The summed E-state index contributed by atoms with van der Waals surface area (Å²) >= 11 is -2.06. The number of esters is 3. The molecule has 1 aliphatic rings. The molecule has 1 saturated heterocycles. The molecule has 6 atom stereocenters. The zero-order valence-electron chi connectivity index (χ0n) is 16.3. The Kier molecular flexibility index (Phi) is 9.49. The van der Waals surface area contributed by atoms with Crippen LogP contribution >= 0.6 is 0 Å². The van der Waals surface area contributed by atoms with Crippen molar-refractivity contribution in [1.29, 1.82) is 0 Å². The molecule has 1 fully saturated rings. The molecule has 0 radical (unpaired) electrons. The van der Waals surface area contributed by atoms with Crippen LogP contribution < -0.4 is 5.32 Å². The Hall–Kier alpha value is -2.05. The van der Waals surface area contributed by atoms with Gasteiger partial charge in [-0.15, -0.1) is 0 Å². The van der Waals surface area contributed by atoms with Gasteiger partial charge >= 0.3 is 17.9 Å². The maximum Gasteiger partial charge on any atom is 0.303 e. The van der Waals surface area contributed by atoms with E-state index < -0.39 is 64.7 Å². The largest absolute Gasteiger partial charge is 0.463 e. The molecule has 0 aromatic carbocycles. The zero-order valence-corrected chi connectivity index (χ0v) is 17.1. The predicted molar refractivity (Wildman–Crippen MR) is 93.8 cm³/mol. The number of rotatable bonds is 8. The van der Waals surface area contributed by atoms with Crippen LogP contribution in [0.15, 0.2) is 0 Å². The van der Waals surface area contributed by atoms with E-state index in [0.717, 1.165) is 13.8 Å².